The van der Waals surface area contributed by atoms with E-state index < -0.39 is 0 Å². The molecular weight excluding hydrogens is 420 g/mol. The van der Waals surface area contributed by atoms with E-state index in [-0.39, 0.29) is 11.8 Å². The molecule has 2 N–H and O–H groups in total. The maximum absolute atomic E-state index is 12.8. The van der Waals surface area contributed by atoms with Gasteiger partial charge in [-0.3, -0.25) is 9.59 Å². The Morgan fingerprint density at radius 1 is 0.500 bits per heavy atom. The van der Waals surface area contributed by atoms with Gasteiger partial charge in [-0.25, -0.2) is 0 Å². The maximum atomic E-state index is 12.8. The van der Waals surface area contributed by atoms with Gasteiger partial charge in [0.15, 0.2) is 0 Å². The number of nitrogens with one attached hydrogen (secondary N) is 2. The van der Waals surface area contributed by atoms with Crippen molar-refractivity contribution in [2.75, 3.05) is 10.6 Å². The molecule has 4 bridgehead atoms. The molecule has 0 saturated carbocycles. The smallest absolute Gasteiger partial charge is 0.255 e. The van der Waals surface area contributed by atoms with E-state index in [0.29, 0.717) is 11.1 Å². The zero-order chi connectivity index (χ0) is 23.3. The molecule has 0 aromatic heterocycles. The van der Waals surface area contributed by atoms with Gasteiger partial charge in [0.05, 0.1) is 0 Å². The first-order chi connectivity index (χ1) is 16.7. The van der Waals surface area contributed by atoms with Gasteiger partial charge in [-0.05, 0) is 84.3 Å². The van der Waals surface area contributed by atoms with E-state index in [1.54, 1.807) is 0 Å². The van der Waals surface area contributed by atoms with Gasteiger partial charge in [-0.1, -0.05) is 60.7 Å². The molecule has 8 rings (SSSR count). The number of amides is 2. The van der Waals surface area contributed by atoms with Gasteiger partial charge in [0.2, 0.25) is 0 Å². The maximum Gasteiger partial charge on any atom is 0.255 e. The Morgan fingerprint density at radius 2 is 0.912 bits per heavy atom. The third kappa shape index (κ3) is 4.91. The van der Waals surface area contributed by atoms with Gasteiger partial charge < -0.3 is 10.6 Å². The van der Waals surface area contributed by atoms with Crippen molar-refractivity contribution in [3.05, 3.63) is 130 Å². The van der Waals surface area contributed by atoms with Crippen LogP contribution in [0, 0.1) is 0 Å². The molecule has 0 heterocycles. The standard InChI is InChI=1S/C30H26N2O2/c33-29(25-7-3-1-4-8-25)31-27-19-21-11-15-23(27)17-13-22-12-16-24(18-14-21)28(20-22)32-30(34)26-9-5-2-6-10-26/h1-12,15-16,19-20H,13-14,17-18H2,(H,31,33)(H,32,34). The van der Waals surface area contributed by atoms with Crippen LogP contribution >= 0.6 is 0 Å². The summed E-state index contributed by atoms with van der Waals surface area (Å²) in [7, 11) is 0. The van der Waals surface area contributed by atoms with Gasteiger partial charge in [-0.15, -0.1) is 0 Å². The van der Waals surface area contributed by atoms with Crippen LogP contribution in [0.2, 0.25) is 0 Å². The van der Waals surface area contributed by atoms with Gasteiger partial charge in [0.1, 0.15) is 0 Å². The average molecular weight is 447 g/mol. The highest BCUT2D eigenvalue weighted by Crippen LogP contribution is 2.27. The molecule has 0 fully saturated rings. The number of rotatable bonds is 4. The van der Waals surface area contributed by atoms with Crippen LogP contribution in [0.25, 0.3) is 0 Å². The minimum atomic E-state index is -0.0969. The lowest BCUT2D eigenvalue weighted by molar-refractivity contribution is 0.101. The first kappa shape index (κ1) is 21.7. The summed E-state index contributed by atoms with van der Waals surface area (Å²) in [6.07, 6.45) is 3.19. The lowest BCUT2D eigenvalue weighted by Gasteiger charge is -2.18. The van der Waals surface area contributed by atoms with Crippen molar-refractivity contribution >= 4 is 23.2 Å². The quantitative estimate of drug-likeness (QED) is 0.399. The van der Waals surface area contributed by atoms with Crippen LogP contribution < -0.4 is 10.6 Å². The molecule has 4 nitrogen and oxygen atoms in total. The summed E-state index contributed by atoms with van der Waals surface area (Å²) in [6, 6.07) is 31.3. The highest BCUT2D eigenvalue weighted by atomic mass is 16.2. The molecule has 4 aromatic rings. The monoisotopic (exact) mass is 446 g/mol. The highest BCUT2D eigenvalue weighted by molar-refractivity contribution is 6.05. The molecule has 4 aromatic carbocycles. The van der Waals surface area contributed by atoms with Crippen LogP contribution in [0.3, 0.4) is 0 Å². The molecule has 168 valence electrons. The van der Waals surface area contributed by atoms with E-state index in [0.717, 1.165) is 59.3 Å². The number of anilines is 2. The topological polar surface area (TPSA) is 58.2 Å². The Balaban J connectivity index is 1.39. The number of carbonyl (C=O) groups is 2. The molecular formula is C30H26N2O2. The Hall–Kier alpha value is -4.18. The summed E-state index contributed by atoms with van der Waals surface area (Å²) in [4.78, 5) is 25.6. The highest BCUT2D eigenvalue weighted by Gasteiger charge is 2.15. The predicted octanol–water partition coefficient (Wildman–Crippen LogP) is 6.08. The largest absolute Gasteiger partial charge is 0.322 e. The number of hydrogen-bond acceptors (Lipinski definition) is 2. The van der Waals surface area contributed by atoms with Gasteiger partial charge in [0.25, 0.3) is 11.8 Å². The Kier molecular flexibility index (Phi) is 6.21. The molecule has 0 unspecified atom stereocenters. The van der Waals surface area contributed by atoms with Crippen molar-refractivity contribution < 1.29 is 9.59 Å². The average Bonchev–Trinajstić information content (AvgIpc) is 2.87. The molecule has 2 amide bonds. The Bertz CT molecular complexity index is 1230. The second-order valence-corrected chi connectivity index (χ2v) is 8.62. The van der Waals surface area contributed by atoms with Gasteiger partial charge in [-0.2, -0.15) is 0 Å². The number of carbonyl (C=O) groups excluding carboxylic acids is 2. The Morgan fingerprint density at radius 3 is 1.32 bits per heavy atom. The van der Waals surface area contributed by atoms with Crippen molar-refractivity contribution in [3.8, 4) is 0 Å². The molecule has 0 atom stereocenters. The van der Waals surface area contributed by atoms with Crippen LogP contribution in [-0.4, -0.2) is 11.8 Å². The zero-order valence-electron chi connectivity index (χ0n) is 18.9. The summed E-state index contributed by atoms with van der Waals surface area (Å²) in [5.41, 5.74) is 7.55. The molecule has 0 radical (unpaired) electrons. The molecule has 4 aliphatic rings. The van der Waals surface area contributed by atoms with Crippen molar-refractivity contribution in [2.24, 2.45) is 0 Å². The van der Waals surface area contributed by atoms with Gasteiger partial charge >= 0.3 is 0 Å². The van der Waals surface area contributed by atoms with Crippen molar-refractivity contribution in [1.29, 1.82) is 0 Å². The summed E-state index contributed by atoms with van der Waals surface area (Å²) in [6.45, 7) is 0. The minimum Gasteiger partial charge on any atom is -0.322 e. The van der Waals surface area contributed by atoms with Crippen LogP contribution in [-0.2, 0) is 25.7 Å². The minimum absolute atomic E-state index is 0.0969. The number of hydrogen-bond donors (Lipinski definition) is 2. The third-order valence-corrected chi connectivity index (χ3v) is 6.28. The van der Waals surface area contributed by atoms with Crippen molar-refractivity contribution in [2.45, 2.75) is 25.7 Å². The molecule has 0 saturated heterocycles. The van der Waals surface area contributed by atoms with Crippen LogP contribution in [0.5, 0.6) is 0 Å². The van der Waals surface area contributed by atoms with Crippen LogP contribution in [0.1, 0.15) is 43.0 Å². The number of benzene rings is 4. The van der Waals surface area contributed by atoms with E-state index in [1.165, 1.54) is 0 Å². The third-order valence-electron chi connectivity index (χ3n) is 6.28. The zero-order valence-corrected chi connectivity index (χ0v) is 18.9. The van der Waals surface area contributed by atoms with Crippen molar-refractivity contribution in [3.63, 3.8) is 0 Å². The molecule has 0 spiro atoms. The lowest BCUT2D eigenvalue weighted by atomic mass is 9.94. The fourth-order valence-corrected chi connectivity index (χ4v) is 4.35. The second kappa shape index (κ2) is 9.75. The SMILES string of the molecule is O=C(Nc1cc2ccc1CCc1ccc(c(NC(=O)c3ccccc3)c1)CC2)c1ccccc1. The van der Waals surface area contributed by atoms with Gasteiger partial charge in [0, 0.05) is 22.5 Å². The lowest BCUT2D eigenvalue weighted by Crippen LogP contribution is -2.15. The summed E-state index contributed by atoms with van der Waals surface area (Å²) in [5.74, 6) is -0.194. The van der Waals surface area contributed by atoms with E-state index in [2.05, 4.69) is 47.0 Å². The van der Waals surface area contributed by atoms with Crippen LogP contribution in [0.15, 0.2) is 97.1 Å². The van der Waals surface area contributed by atoms with E-state index in [9.17, 15) is 9.59 Å². The fraction of sp³-hybridized carbons (Fsp3) is 0.133. The number of aryl methyl sites for hydroxylation is 4. The summed E-state index contributed by atoms with van der Waals surface area (Å²) in [5, 5.41) is 6.24. The molecule has 4 aliphatic carbocycles. The fourth-order valence-electron chi connectivity index (χ4n) is 4.35. The Labute approximate surface area is 199 Å². The van der Waals surface area contributed by atoms with Crippen molar-refractivity contribution in [1.82, 2.24) is 0 Å². The molecule has 4 heteroatoms. The van der Waals surface area contributed by atoms with E-state index in [1.807, 2.05) is 60.7 Å². The molecule has 34 heavy (non-hydrogen) atoms. The summed E-state index contributed by atoms with van der Waals surface area (Å²) >= 11 is 0. The predicted molar refractivity (Wildman–Crippen MR) is 136 cm³/mol. The normalized spacial score (nSPS) is 12.5. The van der Waals surface area contributed by atoms with Crippen LogP contribution in [0.4, 0.5) is 11.4 Å². The summed E-state index contributed by atoms with van der Waals surface area (Å²) < 4.78 is 0. The van der Waals surface area contributed by atoms with E-state index >= 15 is 0 Å². The first-order valence-corrected chi connectivity index (χ1v) is 11.6. The first-order valence-electron chi connectivity index (χ1n) is 11.6. The molecule has 0 aliphatic heterocycles. The second-order valence-electron chi connectivity index (χ2n) is 8.62. The van der Waals surface area contributed by atoms with E-state index in [4.69, 9.17) is 0 Å².